The summed E-state index contributed by atoms with van der Waals surface area (Å²) in [6.07, 6.45) is -0.0508. The van der Waals surface area contributed by atoms with Crippen LogP contribution >= 0.6 is 0 Å². The molecule has 1 amide bonds. The highest BCUT2D eigenvalue weighted by Gasteiger charge is 2.12. The van der Waals surface area contributed by atoms with Gasteiger partial charge < -0.3 is 19.9 Å². The molecule has 0 aliphatic carbocycles. The van der Waals surface area contributed by atoms with Crippen molar-refractivity contribution in [3.8, 4) is 11.5 Å². The highest BCUT2D eigenvalue weighted by atomic mass is 16.5. The van der Waals surface area contributed by atoms with Crippen LogP contribution in [0.5, 0.6) is 11.5 Å². The number of carbonyl (C=O) groups is 2. The molecule has 0 atom stereocenters. The summed E-state index contributed by atoms with van der Waals surface area (Å²) in [6, 6.07) is 11.7. The van der Waals surface area contributed by atoms with Crippen molar-refractivity contribution in [1.29, 1.82) is 0 Å². The fourth-order valence-corrected chi connectivity index (χ4v) is 2.28. The lowest BCUT2D eigenvalue weighted by molar-refractivity contribution is -0.136. The Labute approximate surface area is 146 Å². The van der Waals surface area contributed by atoms with Crippen LogP contribution in [0, 0.1) is 0 Å². The van der Waals surface area contributed by atoms with E-state index < -0.39 is 5.97 Å². The Bertz CT molecular complexity index is 740. The van der Waals surface area contributed by atoms with Crippen LogP contribution in [0.25, 0.3) is 0 Å². The van der Waals surface area contributed by atoms with Crippen molar-refractivity contribution in [2.75, 3.05) is 18.5 Å². The van der Waals surface area contributed by atoms with Gasteiger partial charge in [0, 0.05) is 11.3 Å². The summed E-state index contributed by atoms with van der Waals surface area (Å²) >= 11 is 0. The summed E-state index contributed by atoms with van der Waals surface area (Å²) in [7, 11) is 0. The highest BCUT2D eigenvalue weighted by Crippen LogP contribution is 2.28. The largest absolute Gasteiger partial charge is 0.490 e. The monoisotopic (exact) mass is 343 g/mol. The van der Waals surface area contributed by atoms with Crippen molar-refractivity contribution < 1.29 is 24.2 Å². The fraction of sp³-hybridized carbons (Fsp3) is 0.263. The van der Waals surface area contributed by atoms with E-state index in [-0.39, 0.29) is 12.3 Å². The van der Waals surface area contributed by atoms with Crippen LogP contribution in [0.3, 0.4) is 0 Å². The van der Waals surface area contributed by atoms with E-state index >= 15 is 0 Å². The number of nitrogens with one attached hydrogen (secondary N) is 1. The SMILES string of the molecule is CCOc1ccc(C(=O)Nc2ccc(CC(=O)O)cc2)cc1OCC. The van der Waals surface area contributed by atoms with E-state index in [1.807, 2.05) is 13.8 Å². The van der Waals surface area contributed by atoms with Crippen LogP contribution in [0.4, 0.5) is 5.69 Å². The zero-order chi connectivity index (χ0) is 18.2. The fourth-order valence-electron chi connectivity index (χ4n) is 2.28. The second kappa shape index (κ2) is 8.73. The Morgan fingerprint density at radius 2 is 1.60 bits per heavy atom. The van der Waals surface area contributed by atoms with E-state index in [1.54, 1.807) is 42.5 Å². The maximum absolute atomic E-state index is 12.4. The molecule has 2 rings (SSSR count). The Hall–Kier alpha value is -3.02. The van der Waals surface area contributed by atoms with E-state index in [4.69, 9.17) is 14.6 Å². The minimum absolute atomic E-state index is 0.0508. The Kier molecular flexibility index (Phi) is 6.39. The molecule has 2 N–H and O–H groups in total. The van der Waals surface area contributed by atoms with Crippen LogP contribution < -0.4 is 14.8 Å². The van der Waals surface area contributed by atoms with Gasteiger partial charge in [-0.1, -0.05) is 12.1 Å². The van der Waals surface area contributed by atoms with Gasteiger partial charge in [-0.15, -0.1) is 0 Å². The van der Waals surface area contributed by atoms with Gasteiger partial charge in [-0.3, -0.25) is 9.59 Å². The summed E-state index contributed by atoms with van der Waals surface area (Å²) in [5.41, 5.74) is 1.71. The summed E-state index contributed by atoms with van der Waals surface area (Å²) in [5, 5.41) is 11.5. The summed E-state index contributed by atoms with van der Waals surface area (Å²) in [5.74, 6) is -0.0580. The number of rotatable bonds is 8. The van der Waals surface area contributed by atoms with Gasteiger partial charge in [0.2, 0.25) is 0 Å². The normalized spacial score (nSPS) is 10.2. The number of carboxylic acid groups (broad SMARTS) is 1. The maximum Gasteiger partial charge on any atom is 0.307 e. The van der Waals surface area contributed by atoms with Gasteiger partial charge in [-0.25, -0.2) is 0 Å². The van der Waals surface area contributed by atoms with E-state index in [0.717, 1.165) is 0 Å². The molecule has 0 aromatic heterocycles. The number of carbonyl (C=O) groups excluding carboxylic acids is 1. The molecule has 2 aromatic rings. The van der Waals surface area contributed by atoms with Crippen molar-refractivity contribution in [1.82, 2.24) is 0 Å². The van der Waals surface area contributed by atoms with E-state index in [2.05, 4.69) is 5.32 Å². The molecule has 0 aliphatic rings. The maximum atomic E-state index is 12.4. The average molecular weight is 343 g/mol. The molecule has 0 heterocycles. The van der Waals surface area contributed by atoms with Crippen molar-refractivity contribution in [3.63, 3.8) is 0 Å². The lowest BCUT2D eigenvalue weighted by atomic mass is 10.1. The summed E-state index contributed by atoms with van der Waals surface area (Å²) < 4.78 is 11.0. The molecule has 25 heavy (non-hydrogen) atoms. The summed E-state index contributed by atoms with van der Waals surface area (Å²) in [6.45, 7) is 4.72. The van der Waals surface area contributed by atoms with E-state index in [9.17, 15) is 9.59 Å². The minimum Gasteiger partial charge on any atom is -0.490 e. The summed E-state index contributed by atoms with van der Waals surface area (Å²) in [4.78, 5) is 23.1. The number of hydrogen-bond acceptors (Lipinski definition) is 4. The first-order valence-electron chi connectivity index (χ1n) is 8.05. The number of hydrogen-bond donors (Lipinski definition) is 2. The van der Waals surface area contributed by atoms with Gasteiger partial charge in [0.1, 0.15) is 0 Å². The third-order valence-corrected chi connectivity index (χ3v) is 3.37. The number of carboxylic acids is 1. The highest BCUT2D eigenvalue weighted by molar-refractivity contribution is 6.04. The van der Waals surface area contributed by atoms with Crippen molar-refractivity contribution in [2.45, 2.75) is 20.3 Å². The first-order valence-corrected chi connectivity index (χ1v) is 8.05. The standard InChI is InChI=1S/C19H21NO5/c1-3-24-16-10-7-14(12-17(16)25-4-2)19(23)20-15-8-5-13(6-9-15)11-18(21)22/h5-10,12H,3-4,11H2,1-2H3,(H,20,23)(H,21,22). The molecule has 0 saturated heterocycles. The quantitative estimate of drug-likeness (QED) is 0.768. The smallest absolute Gasteiger partial charge is 0.307 e. The van der Waals surface area contributed by atoms with Gasteiger partial charge in [0.25, 0.3) is 5.91 Å². The van der Waals surface area contributed by atoms with Gasteiger partial charge in [0.05, 0.1) is 19.6 Å². The van der Waals surface area contributed by atoms with Crippen LogP contribution in [0.15, 0.2) is 42.5 Å². The van der Waals surface area contributed by atoms with Gasteiger partial charge in [-0.05, 0) is 49.7 Å². The molecule has 0 unspecified atom stereocenters. The number of aliphatic carboxylic acids is 1. The van der Waals surface area contributed by atoms with Gasteiger partial charge in [-0.2, -0.15) is 0 Å². The molecule has 0 radical (unpaired) electrons. The molecule has 2 aromatic carbocycles. The molecule has 6 nitrogen and oxygen atoms in total. The predicted molar refractivity (Wildman–Crippen MR) is 94.5 cm³/mol. The number of amides is 1. The molecule has 0 spiro atoms. The van der Waals surface area contributed by atoms with Gasteiger partial charge in [0.15, 0.2) is 11.5 Å². The second-order valence-electron chi connectivity index (χ2n) is 5.25. The van der Waals surface area contributed by atoms with E-state index in [1.165, 1.54) is 0 Å². The zero-order valence-electron chi connectivity index (χ0n) is 14.2. The van der Waals surface area contributed by atoms with Gasteiger partial charge >= 0.3 is 5.97 Å². The second-order valence-corrected chi connectivity index (χ2v) is 5.25. The molecule has 0 bridgehead atoms. The topological polar surface area (TPSA) is 84.9 Å². The molecule has 6 heteroatoms. The predicted octanol–water partition coefficient (Wildman–Crippen LogP) is 3.36. The lowest BCUT2D eigenvalue weighted by Crippen LogP contribution is -2.12. The molecular weight excluding hydrogens is 322 g/mol. The average Bonchev–Trinajstić information content (AvgIpc) is 2.58. The molecular formula is C19H21NO5. The number of anilines is 1. The van der Waals surface area contributed by atoms with Crippen molar-refractivity contribution in [3.05, 3.63) is 53.6 Å². The molecule has 0 aliphatic heterocycles. The third kappa shape index (κ3) is 5.24. The number of ether oxygens (including phenoxy) is 2. The first kappa shape index (κ1) is 18.3. The van der Waals surface area contributed by atoms with Crippen LogP contribution in [-0.4, -0.2) is 30.2 Å². The van der Waals surface area contributed by atoms with Crippen LogP contribution in [-0.2, 0) is 11.2 Å². The van der Waals surface area contributed by atoms with Crippen molar-refractivity contribution >= 4 is 17.6 Å². The Morgan fingerprint density at radius 3 is 2.20 bits per heavy atom. The minimum atomic E-state index is -0.894. The van der Waals surface area contributed by atoms with Crippen LogP contribution in [0.2, 0.25) is 0 Å². The first-order chi connectivity index (χ1) is 12.0. The molecule has 0 fully saturated rings. The number of benzene rings is 2. The third-order valence-electron chi connectivity index (χ3n) is 3.37. The van der Waals surface area contributed by atoms with Crippen LogP contribution in [0.1, 0.15) is 29.8 Å². The zero-order valence-corrected chi connectivity index (χ0v) is 14.2. The Morgan fingerprint density at radius 1 is 0.960 bits per heavy atom. The lowest BCUT2D eigenvalue weighted by Gasteiger charge is -2.12. The van der Waals surface area contributed by atoms with Crippen molar-refractivity contribution in [2.24, 2.45) is 0 Å². The molecule has 132 valence electrons. The molecule has 0 saturated carbocycles. The van der Waals surface area contributed by atoms with E-state index in [0.29, 0.717) is 41.5 Å². The Balaban J connectivity index is 2.11.